The van der Waals surface area contributed by atoms with Gasteiger partial charge < -0.3 is 10.6 Å². The minimum atomic E-state index is 0.283. The van der Waals surface area contributed by atoms with E-state index in [0.717, 1.165) is 13.1 Å². The fraction of sp³-hybridized carbons (Fsp3) is 0.533. The highest BCUT2D eigenvalue weighted by Gasteiger charge is 2.20. The van der Waals surface area contributed by atoms with Crippen molar-refractivity contribution in [2.45, 2.75) is 31.6 Å². The minimum absolute atomic E-state index is 0.283. The molecule has 3 nitrogen and oxygen atoms in total. The SMILES string of the molecule is CN(CCC(=N)N)CC1CCCc2ccccc21. The topological polar surface area (TPSA) is 53.1 Å². The van der Waals surface area contributed by atoms with Crippen LogP contribution in [0.4, 0.5) is 0 Å². The van der Waals surface area contributed by atoms with Crippen molar-refractivity contribution in [2.24, 2.45) is 5.73 Å². The summed E-state index contributed by atoms with van der Waals surface area (Å²) < 4.78 is 0. The summed E-state index contributed by atoms with van der Waals surface area (Å²) >= 11 is 0. The molecule has 0 aliphatic heterocycles. The van der Waals surface area contributed by atoms with Gasteiger partial charge in [-0.3, -0.25) is 5.41 Å². The zero-order chi connectivity index (χ0) is 13.0. The number of hydrogen-bond donors (Lipinski definition) is 2. The summed E-state index contributed by atoms with van der Waals surface area (Å²) in [6, 6.07) is 8.82. The summed E-state index contributed by atoms with van der Waals surface area (Å²) in [7, 11) is 2.13. The van der Waals surface area contributed by atoms with E-state index in [4.69, 9.17) is 11.1 Å². The van der Waals surface area contributed by atoms with Gasteiger partial charge >= 0.3 is 0 Å². The van der Waals surface area contributed by atoms with E-state index in [9.17, 15) is 0 Å². The van der Waals surface area contributed by atoms with Crippen molar-refractivity contribution in [3.8, 4) is 0 Å². The number of benzene rings is 1. The van der Waals surface area contributed by atoms with Crippen molar-refractivity contribution in [2.75, 3.05) is 20.1 Å². The van der Waals surface area contributed by atoms with E-state index in [2.05, 4.69) is 36.2 Å². The smallest absolute Gasteiger partial charge is 0.0918 e. The van der Waals surface area contributed by atoms with Gasteiger partial charge in [-0.1, -0.05) is 24.3 Å². The maximum absolute atomic E-state index is 7.28. The fourth-order valence-corrected chi connectivity index (χ4v) is 2.82. The van der Waals surface area contributed by atoms with Crippen LogP contribution >= 0.6 is 0 Å². The normalized spacial score (nSPS) is 18.7. The number of hydrogen-bond acceptors (Lipinski definition) is 2. The first-order valence-corrected chi connectivity index (χ1v) is 6.76. The number of likely N-dealkylation sites (N-methyl/N-ethyl adjacent to an activating group) is 1. The average Bonchev–Trinajstić information content (AvgIpc) is 2.37. The monoisotopic (exact) mass is 245 g/mol. The molecular formula is C15H23N3. The molecule has 0 fully saturated rings. The lowest BCUT2D eigenvalue weighted by Gasteiger charge is -2.29. The molecule has 18 heavy (non-hydrogen) atoms. The molecule has 1 unspecified atom stereocenters. The Morgan fingerprint density at radius 2 is 2.22 bits per heavy atom. The van der Waals surface area contributed by atoms with Crippen LogP contribution < -0.4 is 5.73 Å². The standard InChI is InChI=1S/C15H23N3/c1-18(10-9-15(16)17)11-13-7-4-6-12-5-2-3-8-14(12)13/h2-3,5,8,13H,4,6-7,9-11H2,1H3,(H3,16,17). The Morgan fingerprint density at radius 3 is 3.00 bits per heavy atom. The maximum Gasteiger partial charge on any atom is 0.0918 e. The molecule has 1 aromatic rings. The van der Waals surface area contributed by atoms with E-state index in [1.165, 1.54) is 30.4 Å². The molecular weight excluding hydrogens is 222 g/mol. The highest BCUT2D eigenvalue weighted by molar-refractivity contribution is 5.76. The Morgan fingerprint density at radius 1 is 1.44 bits per heavy atom. The first-order valence-electron chi connectivity index (χ1n) is 6.76. The average molecular weight is 245 g/mol. The molecule has 0 bridgehead atoms. The lowest BCUT2D eigenvalue weighted by Crippen LogP contribution is -2.29. The van der Waals surface area contributed by atoms with Gasteiger partial charge in [0.2, 0.25) is 0 Å². The van der Waals surface area contributed by atoms with Gasteiger partial charge in [0.1, 0.15) is 0 Å². The molecule has 2 rings (SSSR count). The van der Waals surface area contributed by atoms with Crippen LogP contribution in [0.5, 0.6) is 0 Å². The summed E-state index contributed by atoms with van der Waals surface area (Å²) in [4.78, 5) is 2.30. The number of amidine groups is 1. The summed E-state index contributed by atoms with van der Waals surface area (Å²) in [5, 5.41) is 7.28. The molecule has 1 aliphatic carbocycles. The van der Waals surface area contributed by atoms with Gasteiger partial charge in [0.15, 0.2) is 0 Å². The van der Waals surface area contributed by atoms with Crippen molar-refractivity contribution < 1.29 is 0 Å². The Kier molecular flexibility index (Phi) is 4.37. The quantitative estimate of drug-likeness (QED) is 0.618. The van der Waals surface area contributed by atoms with Crippen LogP contribution in [0.2, 0.25) is 0 Å². The van der Waals surface area contributed by atoms with Crippen LogP contribution in [0.3, 0.4) is 0 Å². The van der Waals surface area contributed by atoms with E-state index in [1.807, 2.05) is 0 Å². The molecule has 98 valence electrons. The number of nitrogens with two attached hydrogens (primary N) is 1. The van der Waals surface area contributed by atoms with Gasteiger partial charge in [0, 0.05) is 19.5 Å². The summed E-state index contributed by atoms with van der Waals surface area (Å²) in [5.41, 5.74) is 8.46. The summed E-state index contributed by atoms with van der Waals surface area (Å²) in [5.74, 6) is 0.929. The highest BCUT2D eigenvalue weighted by Crippen LogP contribution is 2.31. The largest absolute Gasteiger partial charge is 0.388 e. The van der Waals surface area contributed by atoms with Crippen molar-refractivity contribution in [3.63, 3.8) is 0 Å². The first-order chi connectivity index (χ1) is 8.66. The van der Waals surface area contributed by atoms with E-state index in [1.54, 1.807) is 0 Å². The third kappa shape index (κ3) is 3.33. The van der Waals surface area contributed by atoms with E-state index in [0.29, 0.717) is 12.3 Å². The molecule has 0 saturated carbocycles. The van der Waals surface area contributed by atoms with Crippen molar-refractivity contribution in [1.82, 2.24) is 4.90 Å². The number of fused-ring (bicyclic) bond motifs is 1. The fourth-order valence-electron chi connectivity index (χ4n) is 2.82. The van der Waals surface area contributed by atoms with Crippen LogP contribution in [0.15, 0.2) is 24.3 Å². The molecule has 1 aromatic carbocycles. The summed E-state index contributed by atoms with van der Waals surface area (Å²) in [6.45, 7) is 1.96. The minimum Gasteiger partial charge on any atom is -0.388 e. The molecule has 0 spiro atoms. The third-order valence-corrected chi connectivity index (χ3v) is 3.79. The molecule has 0 heterocycles. The van der Waals surface area contributed by atoms with Gasteiger partial charge in [0.05, 0.1) is 5.84 Å². The maximum atomic E-state index is 7.28. The molecule has 3 N–H and O–H groups in total. The van der Waals surface area contributed by atoms with Crippen molar-refractivity contribution >= 4 is 5.84 Å². The van der Waals surface area contributed by atoms with Crippen molar-refractivity contribution in [1.29, 1.82) is 5.41 Å². The molecule has 0 aromatic heterocycles. The zero-order valence-electron chi connectivity index (χ0n) is 11.2. The van der Waals surface area contributed by atoms with Crippen LogP contribution in [-0.2, 0) is 6.42 Å². The van der Waals surface area contributed by atoms with Gasteiger partial charge in [-0.15, -0.1) is 0 Å². The van der Waals surface area contributed by atoms with Gasteiger partial charge in [-0.05, 0) is 43.4 Å². The lowest BCUT2D eigenvalue weighted by atomic mass is 9.82. The second kappa shape index (κ2) is 6.01. The molecule has 0 amide bonds. The second-order valence-corrected chi connectivity index (χ2v) is 5.33. The van der Waals surface area contributed by atoms with Gasteiger partial charge in [-0.2, -0.15) is 0 Å². The Balaban J connectivity index is 1.96. The molecule has 1 atom stereocenters. The third-order valence-electron chi connectivity index (χ3n) is 3.79. The molecule has 0 radical (unpaired) electrons. The van der Waals surface area contributed by atoms with Crippen LogP contribution in [-0.4, -0.2) is 30.9 Å². The lowest BCUT2D eigenvalue weighted by molar-refractivity contribution is 0.305. The predicted octanol–water partition coefficient (Wildman–Crippen LogP) is 2.36. The first kappa shape index (κ1) is 13.1. The number of aryl methyl sites for hydroxylation is 1. The van der Waals surface area contributed by atoms with E-state index in [-0.39, 0.29) is 5.84 Å². The highest BCUT2D eigenvalue weighted by atomic mass is 15.1. The Hall–Kier alpha value is -1.35. The second-order valence-electron chi connectivity index (χ2n) is 5.33. The van der Waals surface area contributed by atoms with E-state index >= 15 is 0 Å². The Labute approximate surface area is 109 Å². The predicted molar refractivity (Wildman–Crippen MR) is 76.1 cm³/mol. The molecule has 3 heteroatoms. The van der Waals surface area contributed by atoms with Crippen LogP contribution in [0.1, 0.15) is 36.3 Å². The van der Waals surface area contributed by atoms with E-state index < -0.39 is 0 Å². The van der Waals surface area contributed by atoms with Crippen LogP contribution in [0.25, 0.3) is 0 Å². The number of nitrogens with zero attached hydrogens (tertiary/aromatic N) is 1. The van der Waals surface area contributed by atoms with Gasteiger partial charge in [0.25, 0.3) is 0 Å². The number of rotatable bonds is 5. The summed E-state index contributed by atoms with van der Waals surface area (Å²) in [6.07, 6.45) is 4.47. The molecule has 0 saturated heterocycles. The molecule has 1 aliphatic rings. The number of nitrogens with one attached hydrogen (secondary N) is 1. The Bertz CT molecular complexity index is 414. The zero-order valence-corrected chi connectivity index (χ0v) is 11.2. The van der Waals surface area contributed by atoms with Crippen molar-refractivity contribution in [3.05, 3.63) is 35.4 Å². The van der Waals surface area contributed by atoms with Crippen LogP contribution in [0, 0.1) is 5.41 Å². The van der Waals surface area contributed by atoms with Gasteiger partial charge in [-0.25, -0.2) is 0 Å².